The number of pyridine rings is 2. The van der Waals surface area contributed by atoms with Crippen molar-refractivity contribution in [3.8, 4) is 5.82 Å². The number of aromatic nitrogens is 4. The molecule has 3 atom stereocenters. The number of aryl methyl sites for hydroxylation is 1. The van der Waals surface area contributed by atoms with Crippen molar-refractivity contribution in [2.45, 2.75) is 51.0 Å². The molecule has 2 aliphatic rings. The molecule has 3 aromatic rings. The van der Waals surface area contributed by atoms with Crippen LogP contribution in [0.3, 0.4) is 0 Å². The molecule has 0 aromatic carbocycles. The molecule has 4 N–H and O–H groups in total. The highest BCUT2D eigenvalue weighted by molar-refractivity contribution is 5.89. The van der Waals surface area contributed by atoms with Gasteiger partial charge in [-0.15, -0.1) is 0 Å². The molecule has 12 heteroatoms. The van der Waals surface area contributed by atoms with Crippen molar-refractivity contribution in [3.63, 3.8) is 0 Å². The van der Waals surface area contributed by atoms with Crippen molar-refractivity contribution in [1.29, 1.82) is 0 Å². The molecular formula is C25H32FN9O2. The van der Waals surface area contributed by atoms with Crippen molar-refractivity contribution >= 4 is 17.5 Å². The lowest BCUT2D eigenvalue weighted by Gasteiger charge is -2.48. The SMILES string of the molecule is COC1(C(=O)N[C@@H](C)c2ccc(-n3cc(F)cn3)nc2)CN(c2cc(C)cc(NC3CC(C)NN3)n2)C1. The van der Waals surface area contributed by atoms with Crippen LogP contribution in [0.4, 0.5) is 16.0 Å². The second-order valence-corrected chi connectivity index (χ2v) is 9.81. The van der Waals surface area contributed by atoms with E-state index in [2.05, 4.69) is 38.5 Å². The van der Waals surface area contributed by atoms with Gasteiger partial charge in [-0.05, 0) is 56.5 Å². The van der Waals surface area contributed by atoms with E-state index in [0.29, 0.717) is 24.9 Å². The number of anilines is 2. The Labute approximate surface area is 214 Å². The number of methoxy groups -OCH3 is 1. The highest BCUT2D eigenvalue weighted by atomic mass is 19.1. The van der Waals surface area contributed by atoms with Crippen molar-refractivity contribution in [3.05, 3.63) is 59.8 Å². The third kappa shape index (κ3) is 5.26. The average molecular weight is 510 g/mol. The zero-order chi connectivity index (χ0) is 26.2. The maximum absolute atomic E-state index is 13.2. The fourth-order valence-corrected chi connectivity index (χ4v) is 4.60. The summed E-state index contributed by atoms with van der Waals surface area (Å²) in [6.07, 6.45) is 5.07. The van der Waals surface area contributed by atoms with E-state index in [-0.39, 0.29) is 18.1 Å². The molecule has 2 unspecified atom stereocenters. The van der Waals surface area contributed by atoms with Crippen molar-refractivity contribution in [2.75, 3.05) is 30.4 Å². The summed E-state index contributed by atoms with van der Waals surface area (Å²) in [4.78, 5) is 24.4. The van der Waals surface area contributed by atoms with Gasteiger partial charge in [-0.25, -0.2) is 24.5 Å². The smallest absolute Gasteiger partial charge is 0.256 e. The van der Waals surface area contributed by atoms with Gasteiger partial charge in [0, 0.05) is 19.3 Å². The first-order valence-electron chi connectivity index (χ1n) is 12.3. The molecule has 5 heterocycles. The van der Waals surface area contributed by atoms with Crippen LogP contribution < -0.4 is 26.4 Å². The average Bonchev–Trinajstić information content (AvgIpc) is 3.46. The van der Waals surface area contributed by atoms with Crippen LogP contribution in [0.25, 0.3) is 5.82 Å². The number of amides is 1. The van der Waals surface area contributed by atoms with E-state index in [1.807, 2.05) is 36.9 Å². The van der Waals surface area contributed by atoms with Crippen LogP contribution in [0.2, 0.25) is 0 Å². The molecule has 2 saturated heterocycles. The molecule has 1 amide bonds. The summed E-state index contributed by atoms with van der Waals surface area (Å²) in [7, 11) is 1.55. The van der Waals surface area contributed by atoms with E-state index in [1.165, 1.54) is 10.9 Å². The van der Waals surface area contributed by atoms with E-state index in [0.717, 1.165) is 35.4 Å². The van der Waals surface area contributed by atoms with Gasteiger partial charge in [-0.1, -0.05) is 6.07 Å². The van der Waals surface area contributed by atoms with Gasteiger partial charge in [0.2, 0.25) is 0 Å². The number of rotatable bonds is 8. The molecule has 196 valence electrons. The minimum Gasteiger partial charge on any atom is -0.365 e. The first-order chi connectivity index (χ1) is 17.7. The molecule has 5 rings (SSSR count). The van der Waals surface area contributed by atoms with Gasteiger partial charge in [0.15, 0.2) is 17.2 Å². The number of nitrogens with one attached hydrogen (secondary N) is 4. The summed E-state index contributed by atoms with van der Waals surface area (Å²) in [5.41, 5.74) is 7.34. The predicted molar refractivity (Wildman–Crippen MR) is 137 cm³/mol. The fourth-order valence-electron chi connectivity index (χ4n) is 4.60. The highest BCUT2D eigenvalue weighted by Gasteiger charge is 2.50. The lowest BCUT2D eigenvalue weighted by Crippen LogP contribution is -2.70. The molecule has 37 heavy (non-hydrogen) atoms. The number of carbonyl (C=O) groups excluding carboxylic acids is 1. The number of hydrazine groups is 1. The minimum atomic E-state index is -0.973. The second kappa shape index (κ2) is 10.0. The number of hydrogen-bond acceptors (Lipinski definition) is 9. The van der Waals surface area contributed by atoms with Crippen LogP contribution >= 0.6 is 0 Å². The Hall–Kier alpha value is -3.61. The molecule has 0 bridgehead atoms. The molecule has 2 aliphatic heterocycles. The lowest BCUT2D eigenvalue weighted by molar-refractivity contribution is -0.147. The third-order valence-corrected chi connectivity index (χ3v) is 6.80. The van der Waals surface area contributed by atoms with Crippen molar-refractivity contribution in [1.82, 2.24) is 35.9 Å². The maximum Gasteiger partial charge on any atom is 0.256 e. The molecule has 0 radical (unpaired) electrons. The standard InChI is InChI=1S/C25H32FN9O2/c1-15-7-20(30-21-9-16(2)32-33-21)31-23(8-15)34-13-25(14-34,37-4)24(36)29-17(3)18-5-6-22(27-10-18)35-12-19(26)11-28-35/h5-8,10-12,16-17,21,32-33H,9,13-14H2,1-4H3,(H,29,36)(H,30,31)/t16?,17-,21?/m0/s1. The summed E-state index contributed by atoms with van der Waals surface area (Å²) >= 11 is 0. The molecule has 2 fully saturated rings. The first kappa shape index (κ1) is 25.1. The van der Waals surface area contributed by atoms with E-state index < -0.39 is 11.4 Å². The van der Waals surface area contributed by atoms with Crippen LogP contribution in [0.1, 0.15) is 37.4 Å². The molecule has 0 spiro atoms. The van der Waals surface area contributed by atoms with E-state index in [9.17, 15) is 9.18 Å². The quantitative estimate of drug-likeness (QED) is 0.360. The fraction of sp³-hybridized carbons (Fsp3) is 0.440. The number of carbonyl (C=O) groups is 1. The largest absolute Gasteiger partial charge is 0.365 e. The van der Waals surface area contributed by atoms with Crippen LogP contribution in [0, 0.1) is 12.7 Å². The van der Waals surface area contributed by atoms with Gasteiger partial charge in [-0.3, -0.25) is 10.2 Å². The number of halogens is 1. The summed E-state index contributed by atoms with van der Waals surface area (Å²) in [6, 6.07) is 7.66. The second-order valence-electron chi connectivity index (χ2n) is 9.81. The van der Waals surface area contributed by atoms with Crippen LogP contribution in [0.5, 0.6) is 0 Å². The molecular weight excluding hydrogens is 477 g/mol. The Kier molecular flexibility index (Phi) is 6.80. The summed E-state index contributed by atoms with van der Waals surface area (Å²) < 4.78 is 20.3. The van der Waals surface area contributed by atoms with Crippen LogP contribution in [0.15, 0.2) is 42.9 Å². The van der Waals surface area contributed by atoms with Gasteiger partial charge in [0.1, 0.15) is 11.6 Å². The first-order valence-corrected chi connectivity index (χ1v) is 12.3. The Morgan fingerprint density at radius 3 is 2.68 bits per heavy atom. The number of hydrogen-bond donors (Lipinski definition) is 4. The van der Waals surface area contributed by atoms with Gasteiger partial charge < -0.3 is 20.3 Å². The number of ether oxygens (including phenoxy) is 1. The zero-order valence-electron chi connectivity index (χ0n) is 21.3. The summed E-state index contributed by atoms with van der Waals surface area (Å²) in [6.45, 7) is 6.81. The van der Waals surface area contributed by atoms with Gasteiger partial charge in [0.25, 0.3) is 5.91 Å². The normalized spacial score (nSPS) is 21.4. The van der Waals surface area contributed by atoms with Gasteiger partial charge in [-0.2, -0.15) is 5.10 Å². The Morgan fingerprint density at radius 1 is 1.24 bits per heavy atom. The minimum absolute atomic E-state index is 0.100. The molecule has 3 aromatic heterocycles. The van der Waals surface area contributed by atoms with Crippen LogP contribution in [-0.4, -0.2) is 63.7 Å². The predicted octanol–water partition coefficient (Wildman–Crippen LogP) is 1.82. The Bertz CT molecular complexity index is 1260. The van der Waals surface area contributed by atoms with E-state index >= 15 is 0 Å². The third-order valence-electron chi connectivity index (χ3n) is 6.80. The Balaban J connectivity index is 1.21. The summed E-state index contributed by atoms with van der Waals surface area (Å²) in [5.74, 6) is 1.44. The van der Waals surface area contributed by atoms with Gasteiger partial charge >= 0.3 is 0 Å². The van der Waals surface area contributed by atoms with E-state index in [4.69, 9.17) is 9.72 Å². The maximum atomic E-state index is 13.2. The van der Waals surface area contributed by atoms with Crippen molar-refractivity contribution < 1.29 is 13.9 Å². The monoisotopic (exact) mass is 509 g/mol. The highest BCUT2D eigenvalue weighted by Crippen LogP contribution is 2.31. The molecule has 0 saturated carbocycles. The lowest BCUT2D eigenvalue weighted by atomic mass is 9.91. The number of nitrogens with zero attached hydrogens (tertiary/aromatic N) is 5. The van der Waals surface area contributed by atoms with E-state index in [1.54, 1.807) is 19.4 Å². The van der Waals surface area contributed by atoms with Crippen LogP contribution in [-0.2, 0) is 9.53 Å². The zero-order valence-corrected chi connectivity index (χ0v) is 21.3. The van der Waals surface area contributed by atoms with Crippen molar-refractivity contribution in [2.24, 2.45) is 0 Å². The van der Waals surface area contributed by atoms with Gasteiger partial charge in [0.05, 0.1) is 37.7 Å². The molecule has 11 nitrogen and oxygen atoms in total. The summed E-state index contributed by atoms with van der Waals surface area (Å²) in [5, 5.41) is 10.4. The molecule has 0 aliphatic carbocycles. The topological polar surface area (TPSA) is 121 Å². The Morgan fingerprint density at radius 2 is 2.05 bits per heavy atom.